The summed E-state index contributed by atoms with van der Waals surface area (Å²) in [5.74, 6) is 0.106. The van der Waals surface area contributed by atoms with Crippen LogP contribution in [0.3, 0.4) is 0 Å². The number of hydrogen-bond donors (Lipinski definition) is 2. The molecule has 0 saturated carbocycles. The zero-order chi connectivity index (χ0) is 19.9. The predicted molar refractivity (Wildman–Crippen MR) is 113 cm³/mol. The molecule has 1 aromatic carbocycles. The molecule has 1 aromatic rings. The Balaban J connectivity index is 0.00000364. The molecule has 164 valence electrons. The van der Waals surface area contributed by atoms with E-state index in [1.807, 2.05) is 41.5 Å². The molecule has 1 aliphatic heterocycles. The van der Waals surface area contributed by atoms with Gasteiger partial charge in [0.15, 0.2) is 0 Å². The Morgan fingerprint density at radius 3 is 1.61 bits per heavy atom. The van der Waals surface area contributed by atoms with Crippen LogP contribution in [-0.2, 0) is 10.8 Å². The second-order valence-electron chi connectivity index (χ2n) is 9.19. The summed E-state index contributed by atoms with van der Waals surface area (Å²) in [6, 6.07) is 1.43. The van der Waals surface area contributed by atoms with Crippen molar-refractivity contribution in [1.82, 2.24) is 10.2 Å². The lowest BCUT2D eigenvalue weighted by Crippen LogP contribution is -2.49. The summed E-state index contributed by atoms with van der Waals surface area (Å²) < 4.78 is 42.1. The normalized spacial score (nSPS) is 17.5. The molecular formula is C20H33Cl2F3N2O. The smallest absolute Gasteiger partial charge is 0.408 e. The lowest BCUT2D eigenvalue weighted by Gasteiger charge is -2.37. The molecule has 8 heteroatoms. The molecule has 2 rings (SSSR count). The number of aromatic hydroxyl groups is 1. The van der Waals surface area contributed by atoms with Gasteiger partial charge in [0.25, 0.3) is 0 Å². The highest BCUT2D eigenvalue weighted by Crippen LogP contribution is 2.45. The largest absolute Gasteiger partial charge is 0.507 e. The fourth-order valence-corrected chi connectivity index (χ4v) is 3.51. The quantitative estimate of drug-likeness (QED) is 0.645. The number of rotatable bonds is 2. The van der Waals surface area contributed by atoms with Crippen molar-refractivity contribution in [3.8, 4) is 5.75 Å². The van der Waals surface area contributed by atoms with Gasteiger partial charge in [0.2, 0.25) is 0 Å². The molecule has 0 amide bonds. The van der Waals surface area contributed by atoms with Gasteiger partial charge in [0.1, 0.15) is 11.8 Å². The first kappa shape index (κ1) is 27.3. The molecule has 3 nitrogen and oxygen atoms in total. The van der Waals surface area contributed by atoms with E-state index in [9.17, 15) is 18.3 Å². The SMILES string of the molecule is CC(C)(C)c1cc([C@H](N2CCNCC2)C(F)(F)F)cc(C(C)(C)C)c1O.Cl.Cl. The van der Waals surface area contributed by atoms with Crippen LogP contribution in [0, 0.1) is 0 Å². The van der Waals surface area contributed by atoms with Crippen molar-refractivity contribution >= 4 is 24.8 Å². The van der Waals surface area contributed by atoms with Gasteiger partial charge in [0.05, 0.1) is 0 Å². The average Bonchev–Trinajstić information content (AvgIpc) is 2.46. The van der Waals surface area contributed by atoms with E-state index in [1.165, 1.54) is 4.90 Å². The molecule has 0 aromatic heterocycles. The second-order valence-corrected chi connectivity index (χ2v) is 9.19. The third kappa shape index (κ3) is 6.15. The molecular weight excluding hydrogens is 412 g/mol. The molecule has 1 fully saturated rings. The number of benzene rings is 1. The Hall–Kier alpha value is -0.690. The van der Waals surface area contributed by atoms with E-state index in [-0.39, 0.29) is 36.1 Å². The van der Waals surface area contributed by atoms with Gasteiger partial charge < -0.3 is 10.4 Å². The fourth-order valence-electron chi connectivity index (χ4n) is 3.51. The van der Waals surface area contributed by atoms with Crippen LogP contribution in [0.15, 0.2) is 12.1 Å². The highest BCUT2D eigenvalue weighted by atomic mass is 35.5. The first-order chi connectivity index (χ1) is 11.7. The van der Waals surface area contributed by atoms with Gasteiger partial charge in [0, 0.05) is 26.2 Å². The van der Waals surface area contributed by atoms with Crippen molar-refractivity contribution in [3.05, 3.63) is 28.8 Å². The first-order valence-electron chi connectivity index (χ1n) is 9.12. The Labute approximate surface area is 178 Å². The Morgan fingerprint density at radius 1 is 0.893 bits per heavy atom. The number of alkyl halides is 3. The standard InChI is InChI=1S/C20H31F3N2O.2ClH/c1-18(2,3)14-11-13(12-15(16(14)26)19(4,5)6)17(20(21,22)23)25-9-7-24-8-10-25;;/h11-12,17,24,26H,7-10H2,1-6H3;2*1H/t17-;;/m0../s1. The van der Waals surface area contributed by atoms with Gasteiger partial charge in [-0.1, -0.05) is 41.5 Å². The van der Waals surface area contributed by atoms with Crippen molar-refractivity contribution < 1.29 is 18.3 Å². The van der Waals surface area contributed by atoms with Crippen molar-refractivity contribution in [2.24, 2.45) is 0 Å². The van der Waals surface area contributed by atoms with Gasteiger partial charge >= 0.3 is 6.18 Å². The van der Waals surface area contributed by atoms with Crippen LogP contribution < -0.4 is 5.32 Å². The van der Waals surface area contributed by atoms with E-state index in [0.29, 0.717) is 37.3 Å². The zero-order valence-corrected chi connectivity index (χ0v) is 19.0. The number of phenols is 1. The van der Waals surface area contributed by atoms with Crippen LogP contribution in [-0.4, -0.2) is 42.4 Å². The van der Waals surface area contributed by atoms with E-state index in [4.69, 9.17) is 0 Å². The van der Waals surface area contributed by atoms with Crippen LogP contribution in [0.25, 0.3) is 0 Å². The number of nitrogens with one attached hydrogen (secondary N) is 1. The number of phenolic OH excluding ortho intramolecular Hbond substituents is 1. The maximum Gasteiger partial charge on any atom is 0.408 e. The number of hydrogen-bond acceptors (Lipinski definition) is 3. The molecule has 0 radical (unpaired) electrons. The highest BCUT2D eigenvalue weighted by Gasteiger charge is 2.46. The molecule has 1 heterocycles. The van der Waals surface area contributed by atoms with Crippen LogP contribution in [0.1, 0.15) is 64.3 Å². The number of halogens is 5. The monoisotopic (exact) mass is 444 g/mol. The Kier molecular flexibility index (Phi) is 9.18. The molecule has 0 spiro atoms. The number of piperazine rings is 1. The van der Waals surface area contributed by atoms with Crippen LogP contribution in [0.2, 0.25) is 0 Å². The molecule has 28 heavy (non-hydrogen) atoms. The van der Waals surface area contributed by atoms with Crippen molar-refractivity contribution in [1.29, 1.82) is 0 Å². The summed E-state index contributed by atoms with van der Waals surface area (Å²) in [4.78, 5) is 1.49. The molecule has 1 saturated heterocycles. The van der Waals surface area contributed by atoms with Crippen LogP contribution >= 0.6 is 24.8 Å². The van der Waals surface area contributed by atoms with Crippen molar-refractivity contribution in [2.75, 3.05) is 26.2 Å². The minimum Gasteiger partial charge on any atom is -0.507 e. The molecule has 0 aliphatic carbocycles. The molecule has 0 unspecified atom stereocenters. The zero-order valence-electron chi connectivity index (χ0n) is 17.4. The van der Waals surface area contributed by atoms with Crippen LogP contribution in [0.4, 0.5) is 13.2 Å². The van der Waals surface area contributed by atoms with E-state index >= 15 is 0 Å². The maximum atomic E-state index is 14.0. The minimum atomic E-state index is -4.38. The second kappa shape index (κ2) is 9.41. The lowest BCUT2D eigenvalue weighted by atomic mass is 9.77. The van der Waals surface area contributed by atoms with Crippen molar-refractivity contribution in [3.63, 3.8) is 0 Å². The summed E-state index contributed by atoms with van der Waals surface area (Å²) in [5, 5.41) is 13.9. The highest BCUT2D eigenvalue weighted by molar-refractivity contribution is 5.85. The van der Waals surface area contributed by atoms with Gasteiger partial charge in [-0.05, 0) is 39.7 Å². The fraction of sp³-hybridized carbons (Fsp3) is 0.700. The summed E-state index contributed by atoms with van der Waals surface area (Å²) in [5.41, 5.74) is 0.417. The maximum absolute atomic E-state index is 14.0. The molecule has 1 aliphatic rings. The Morgan fingerprint density at radius 2 is 1.29 bits per heavy atom. The lowest BCUT2D eigenvalue weighted by molar-refractivity contribution is -0.187. The van der Waals surface area contributed by atoms with Gasteiger partial charge in [-0.25, -0.2) is 0 Å². The van der Waals surface area contributed by atoms with E-state index < -0.39 is 23.0 Å². The van der Waals surface area contributed by atoms with E-state index in [0.717, 1.165) is 0 Å². The third-order valence-electron chi connectivity index (χ3n) is 4.89. The van der Waals surface area contributed by atoms with Crippen LogP contribution in [0.5, 0.6) is 5.75 Å². The van der Waals surface area contributed by atoms with Gasteiger partial charge in [-0.3, -0.25) is 4.90 Å². The predicted octanol–water partition coefficient (Wildman–Crippen LogP) is 5.34. The summed E-state index contributed by atoms with van der Waals surface area (Å²) >= 11 is 0. The van der Waals surface area contributed by atoms with Crippen molar-refractivity contribution in [2.45, 2.75) is 64.6 Å². The average molecular weight is 445 g/mol. The van der Waals surface area contributed by atoms with Gasteiger partial charge in [-0.2, -0.15) is 13.2 Å². The van der Waals surface area contributed by atoms with E-state index in [1.54, 1.807) is 12.1 Å². The summed E-state index contributed by atoms with van der Waals surface area (Å²) in [6.45, 7) is 13.2. The summed E-state index contributed by atoms with van der Waals surface area (Å²) in [6.07, 6.45) is -4.38. The molecule has 1 atom stereocenters. The van der Waals surface area contributed by atoms with Gasteiger partial charge in [-0.15, -0.1) is 24.8 Å². The Bertz CT molecular complexity index is 611. The summed E-state index contributed by atoms with van der Waals surface area (Å²) in [7, 11) is 0. The minimum absolute atomic E-state index is 0. The molecule has 2 N–H and O–H groups in total. The van der Waals surface area contributed by atoms with E-state index in [2.05, 4.69) is 5.32 Å². The third-order valence-corrected chi connectivity index (χ3v) is 4.89. The number of nitrogens with zero attached hydrogens (tertiary/aromatic N) is 1. The topological polar surface area (TPSA) is 35.5 Å². The molecule has 0 bridgehead atoms. The first-order valence-corrected chi connectivity index (χ1v) is 9.12.